The highest BCUT2D eigenvalue weighted by Crippen LogP contribution is 2.02. The van der Waals surface area contributed by atoms with Crippen molar-refractivity contribution in [3.05, 3.63) is 35.9 Å². The van der Waals surface area contributed by atoms with Gasteiger partial charge in [-0.15, -0.1) is 0 Å². The summed E-state index contributed by atoms with van der Waals surface area (Å²) in [7, 11) is 0. The third-order valence-electron chi connectivity index (χ3n) is 1.92. The Kier molecular flexibility index (Phi) is 4.54. The van der Waals surface area contributed by atoms with Crippen molar-refractivity contribution >= 4 is 11.8 Å². The Morgan fingerprint density at radius 2 is 1.87 bits per heavy atom. The Morgan fingerprint density at radius 3 is 2.47 bits per heavy atom. The van der Waals surface area contributed by atoms with Crippen molar-refractivity contribution in [1.82, 2.24) is 0 Å². The maximum atomic E-state index is 11.4. The molecule has 0 aliphatic carbocycles. The van der Waals surface area contributed by atoms with E-state index >= 15 is 0 Å². The monoisotopic (exact) mass is 206 g/mol. The summed E-state index contributed by atoms with van der Waals surface area (Å²) in [5.41, 5.74) is 0.542. The molecule has 0 amide bonds. The smallest absolute Gasteiger partial charge is 0.338 e. The zero-order valence-electron chi connectivity index (χ0n) is 8.73. The second kappa shape index (κ2) is 5.96. The highest BCUT2D eigenvalue weighted by atomic mass is 16.5. The fourth-order valence-corrected chi connectivity index (χ4v) is 1.14. The Balaban J connectivity index is 2.28. The second-order valence-corrected chi connectivity index (χ2v) is 3.31. The van der Waals surface area contributed by atoms with Gasteiger partial charge in [0.2, 0.25) is 0 Å². The first kappa shape index (κ1) is 11.4. The van der Waals surface area contributed by atoms with Gasteiger partial charge in [-0.3, -0.25) is 0 Å². The summed E-state index contributed by atoms with van der Waals surface area (Å²) in [5.74, 6) is -0.218. The molecule has 0 aromatic heterocycles. The van der Waals surface area contributed by atoms with Crippen LogP contribution >= 0.6 is 0 Å². The Bertz CT molecular complexity index is 330. The van der Waals surface area contributed by atoms with Crippen LogP contribution in [0, 0.1) is 0 Å². The number of Topliss-reactive ketones (excluding diaryl/α,β-unsaturated/α-hetero) is 1. The molecule has 0 saturated heterocycles. The van der Waals surface area contributed by atoms with Crippen molar-refractivity contribution in [1.29, 1.82) is 0 Å². The van der Waals surface area contributed by atoms with Crippen molar-refractivity contribution < 1.29 is 14.3 Å². The summed E-state index contributed by atoms with van der Waals surface area (Å²) in [5, 5.41) is 0. The average molecular weight is 206 g/mol. The number of carbonyl (C=O) groups is 2. The maximum Gasteiger partial charge on any atom is 0.338 e. The van der Waals surface area contributed by atoms with Crippen LogP contribution in [0.2, 0.25) is 0 Å². The molecular formula is C12H14O3. The molecule has 1 aromatic rings. The molecule has 0 bridgehead atoms. The first-order valence-electron chi connectivity index (χ1n) is 4.92. The second-order valence-electron chi connectivity index (χ2n) is 3.31. The lowest BCUT2D eigenvalue weighted by Crippen LogP contribution is -2.07. The van der Waals surface area contributed by atoms with Crippen molar-refractivity contribution in [3.8, 4) is 0 Å². The minimum absolute atomic E-state index is 0.116. The van der Waals surface area contributed by atoms with Crippen LogP contribution in [-0.4, -0.2) is 18.4 Å². The third kappa shape index (κ3) is 4.40. The molecule has 0 radical (unpaired) electrons. The quantitative estimate of drug-likeness (QED) is 0.548. The molecule has 3 nitrogen and oxygen atoms in total. The van der Waals surface area contributed by atoms with Gasteiger partial charge in [-0.1, -0.05) is 18.2 Å². The molecule has 3 heteroatoms. The molecule has 1 rings (SSSR count). The zero-order chi connectivity index (χ0) is 11.1. The summed E-state index contributed by atoms with van der Waals surface area (Å²) < 4.78 is 4.99. The van der Waals surface area contributed by atoms with Crippen LogP contribution in [0.4, 0.5) is 0 Å². The van der Waals surface area contributed by atoms with Crippen LogP contribution in [-0.2, 0) is 9.53 Å². The van der Waals surface area contributed by atoms with E-state index in [2.05, 4.69) is 0 Å². The number of benzene rings is 1. The van der Waals surface area contributed by atoms with Crippen molar-refractivity contribution in [2.45, 2.75) is 19.8 Å². The summed E-state index contributed by atoms with van der Waals surface area (Å²) in [6.07, 6.45) is 1.05. The van der Waals surface area contributed by atoms with Crippen molar-refractivity contribution in [3.63, 3.8) is 0 Å². The molecule has 0 fully saturated rings. The van der Waals surface area contributed by atoms with Crippen LogP contribution in [0.3, 0.4) is 0 Å². The van der Waals surface area contributed by atoms with E-state index in [-0.39, 0.29) is 11.8 Å². The van der Waals surface area contributed by atoms with Gasteiger partial charge >= 0.3 is 5.97 Å². The van der Waals surface area contributed by atoms with E-state index in [9.17, 15) is 9.59 Å². The number of ether oxygens (including phenoxy) is 1. The van der Waals surface area contributed by atoms with Gasteiger partial charge < -0.3 is 9.53 Å². The van der Waals surface area contributed by atoms with Crippen LogP contribution < -0.4 is 0 Å². The topological polar surface area (TPSA) is 43.4 Å². The molecule has 0 heterocycles. The molecule has 80 valence electrons. The van der Waals surface area contributed by atoms with Gasteiger partial charge in [0.05, 0.1) is 12.2 Å². The lowest BCUT2D eigenvalue weighted by atomic mass is 10.2. The first-order valence-corrected chi connectivity index (χ1v) is 4.92. The number of rotatable bonds is 5. The molecule has 0 N–H and O–H groups in total. The lowest BCUT2D eigenvalue weighted by molar-refractivity contribution is -0.117. The fraction of sp³-hybridized carbons (Fsp3) is 0.333. The number of hydrogen-bond acceptors (Lipinski definition) is 3. The van der Waals surface area contributed by atoms with E-state index in [0.717, 1.165) is 0 Å². The molecule has 0 spiro atoms. The van der Waals surface area contributed by atoms with Gasteiger partial charge in [-0.2, -0.15) is 0 Å². The molecule has 15 heavy (non-hydrogen) atoms. The highest BCUT2D eigenvalue weighted by molar-refractivity contribution is 5.89. The molecule has 0 saturated carbocycles. The fourth-order valence-electron chi connectivity index (χ4n) is 1.14. The number of ketones is 1. The molecular weight excluding hydrogens is 192 g/mol. The Labute approximate surface area is 89.1 Å². The van der Waals surface area contributed by atoms with Crippen molar-refractivity contribution in [2.24, 2.45) is 0 Å². The largest absolute Gasteiger partial charge is 0.462 e. The van der Waals surface area contributed by atoms with Crippen LogP contribution in [0.15, 0.2) is 30.3 Å². The summed E-state index contributed by atoms with van der Waals surface area (Å²) >= 11 is 0. The van der Waals surface area contributed by atoms with E-state index in [0.29, 0.717) is 25.0 Å². The molecule has 0 aliphatic heterocycles. The standard InChI is InChI=1S/C12H14O3/c1-10(13)6-5-9-15-12(14)11-7-3-2-4-8-11/h2-4,7-8H,5-6,9H2,1H3. The summed E-state index contributed by atoms with van der Waals surface area (Å²) in [4.78, 5) is 22.0. The lowest BCUT2D eigenvalue weighted by Gasteiger charge is -2.03. The van der Waals surface area contributed by atoms with Crippen LogP contribution in [0.5, 0.6) is 0 Å². The Hall–Kier alpha value is -1.64. The predicted molar refractivity (Wildman–Crippen MR) is 56.6 cm³/mol. The van der Waals surface area contributed by atoms with Gasteiger partial charge in [0.25, 0.3) is 0 Å². The highest BCUT2D eigenvalue weighted by Gasteiger charge is 2.05. The van der Waals surface area contributed by atoms with E-state index in [1.54, 1.807) is 24.3 Å². The molecule has 0 atom stereocenters. The molecule has 0 unspecified atom stereocenters. The maximum absolute atomic E-state index is 11.4. The first-order chi connectivity index (χ1) is 7.20. The Morgan fingerprint density at radius 1 is 1.20 bits per heavy atom. The van der Waals surface area contributed by atoms with E-state index in [1.165, 1.54) is 6.92 Å². The minimum Gasteiger partial charge on any atom is -0.462 e. The minimum atomic E-state index is -0.334. The summed E-state index contributed by atoms with van der Waals surface area (Å²) in [6.45, 7) is 1.83. The third-order valence-corrected chi connectivity index (χ3v) is 1.92. The van der Waals surface area contributed by atoms with Crippen LogP contribution in [0.25, 0.3) is 0 Å². The number of carbonyl (C=O) groups excluding carboxylic acids is 2. The number of hydrogen-bond donors (Lipinski definition) is 0. The van der Waals surface area contributed by atoms with Gasteiger partial charge in [-0.05, 0) is 25.5 Å². The molecule has 0 aliphatic rings. The van der Waals surface area contributed by atoms with E-state index < -0.39 is 0 Å². The molecule has 1 aromatic carbocycles. The van der Waals surface area contributed by atoms with Gasteiger partial charge in [0.15, 0.2) is 0 Å². The predicted octanol–water partition coefficient (Wildman–Crippen LogP) is 2.21. The SMILES string of the molecule is CC(=O)CCCOC(=O)c1ccccc1. The van der Waals surface area contributed by atoms with Gasteiger partial charge in [0, 0.05) is 6.42 Å². The van der Waals surface area contributed by atoms with Gasteiger partial charge in [-0.25, -0.2) is 4.79 Å². The average Bonchev–Trinajstić information content (AvgIpc) is 2.25. The van der Waals surface area contributed by atoms with E-state index in [1.807, 2.05) is 6.07 Å². The van der Waals surface area contributed by atoms with Crippen LogP contribution in [0.1, 0.15) is 30.1 Å². The number of esters is 1. The normalized spacial score (nSPS) is 9.67. The van der Waals surface area contributed by atoms with E-state index in [4.69, 9.17) is 4.74 Å². The van der Waals surface area contributed by atoms with Crippen molar-refractivity contribution in [2.75, 3.05) is 6.61 Å². The zero-order valence-corrected chi connectivity index (χ0v) is 8.73. The summed E-state index contributed by atoms with van der Waals surface area (Å²) in [6, 6.07) is 8.81. The van der Waals surface area contributed by atoms with Gasteiger partial charge in [0.1, 0.15) is 5.78 Å².